The Labute approximate surface area is 129 Å². The van der Waals surface area contributed by atoms with Crippen LogP contribution >= 0.6 is 0 Å². The Morgan fingerprint density at radius 2 is 1.90 bits per heavy atom. The highest BCUT2D eigenvalue weighted by Gasteiger charge is 2.24. The minimum absolute atomic E-state index is 0.191. The zero-order chi connectivity index (χ0) is 15.7. The number of hydrogen-bond donors (Lipinski definition) is 1. The highest BCUT2D eigenvalue weighted by Crippen LogP contribution is 2.15. The van der Waals surface area contributed by atoms with Gasteiger partial charge in [0.25, 0.3) is 0 Å². The van der Waals surface area contributed by atoms with E-state index in [1.54, 1.807) is 4.31 Å². The Morgan fingerprint density at radius 1 is 1.24 bits per heavy atom. The van der Waals surface area contributed by atoms with Gasteiger partial charge in [-0.3, -0.25) is 0 Å². The summed E-state index contributed by atoms with van der Waals surface area (Å²) in [5.41, 5.74) is 6.56. The van der Waals surface area contributed by atoms with E-state index >= 15 is 0 Å². The van der Waals surface area contributed by atoms with E-state index in [0.29, 0.717) is 26.1 Å². The Hall–Kier alpha value is -0.910. The fraction of sp³-hybridized carbons (Fsp3) is 0.625. The van der Waals surface area contributed by atoms with Crippen molar-refractivity contribution in [3.8, 4) is 0 Å². The first-order valence-corrected chi connectivity index (χ1v) is 9.32. The second kappa shape index (κ2) is 9.18. The smallest absolute Gasteiger partial charge is 0.214 e. The zero-order valence-electron chi connectivity index (χ0n) is 13.2. The van der Waals surface area contributed by atoms with Gasteiger partial charge in [0.1, 0.15) is 0 Å². The van der Waals surface area contributed by atoms with Crippen LogP contribution in [0.15, 0.2) is 30.3 Å². The molecule has 0 amide bonds. The van der Waals surface area contributed by atoms with E-state index in [4.69, 9.17) is 5.73 Å². The summed E-state index contributed by atoms with van der Waals surface area (Å²) < 4.78 is 26.8. The van der Waals surface area contributed by atoms with Crippen LogP contribution in [-0.4, -0.2) is 31.6 Å². The summed E-state index contributed by atoms with van der Waals surface area (Å²) in [4.78, 5) is 0. The summed E-state index contributed by atoms with van der Waals surface area (Å²) in [6.07, 6.45) is 2.64. The van der Waals surface area contributed by atoms with E-state index in [1.165, 1.54) is 0 Å². The van der Waals surface area contributed by atoms with Crippen LogP contribution in [0.5, 0.6) is 0 Å². The highest BCUT2D eigenvalue weighted by atomic mass is 32.2. The summed E-state index contributed by atoms with van der Waals surface area (Å²) in [6, 6.07) is 9.72. The molecule has 0 radical (unpaired) electrons. The lowest BCUT2D eigenvalue weighted by Crippen LogP contribution is -2.36. The quantitative estimate of drug-likeness (QED) is 0.722. The third-order valence-corrected chi connectivity index (χ3v) is 5.57. The number of nitrogens with two attached hydrogens (primary N) is 1. The first-order chi connectivity index (χ1) is 9.99. The SMILES string of the molecule is CCCC(C)CS(=O)(=O)N(CCCN)Cc1ccccc1. The van der Waals surface area contributed by atoms with Crippen molar-refractivity contribution in [2.75, 3.05) is 18.8 Å². The largest absolute Gasteiger partial charge is 0.330 e. The number of nitrogens with zero attached hydrogens (tertiary/aromatic N) is 1. The Balaban J connectivity index is 2.80. The van der Waals surface area contributed by atoms with Crippen molar-refractivity contribution < 1.29 is 8.42 Å². The van der Waals surface area contributed by atoms with E-state index in [1.807, 2.05) is 37.3 Å². The molecule has 0 aliphatic heterocycles. The summed E-state index contributed by atoms with van der Waals surface area (Å²) >= 11 is 0. The molecule has 5 heteroatoms. The van der Waals surface area contributed by atoms with Gasteiger partial charge in [0, 0.05) is 13.1 Å². The molecule has 0 bridgehead atoms. The first-order valence-electron chi connectivity index (χ1n) is 7.71. The Kier molecular flexibility index (Phi) is 7.93. The summed E-state index contributed by atoms with van der Waals surface area (Å²) in [5, 5.41) is 0. The fourth-order valence-corrected chi connectivity index (χ4v) is 4.26. The molecule has 21 heavy (non-hydrogen) atoms. The molecule has 2 N–H and O–H groups in total. The molecule has 1 unspecified atom stereocenters. The zero-order valence-corrected chi connectivity index (χ0v) is 14.0. The van der Waals surface area contributed by atoms with Gasteiger partial charge in [0.05, 0.1) is 5.75 Å². The van der Waals surface area contributed by atoms with Gasteiger partial charge in [-0.05, 0) is 30.9 Å². The van der Waals surface area contributed by atoms with Crippen LogP contribution in [0.25, 0.3) is 0 Å². The number of benzene rings is 1. The molecule has 1 rings (SSSR count). The van der Waals surface area contributed by atoms with Crippen LogP contribution in [-0.2, 0) is 16.6 Å². The molecule has 0 aromatic heterocycles. The molecule has 0 saturated carbocycles. The topological polar surface area (TPSA) is 63.4 Å². The fourth-order valence-electron chi connectivity index (χ4n) is 2.41. The van der Waals surface area contributed by atoms with Gasteiger partial charge in [-0.25, -0.2) is 8.42 Å². The molecule has 1 aromatic carbocycles. The second-order valence-electron chi connectivity index (χ2n) is 5.63. The number of rotatable bonds is 10. The van der Waals surface area contributed by atoms with Gasteiger partial charge in [0.2, 0.25) is 10.0 Å². The van der Waals surface area contributed by atoms with E-state index in [-0.39, 0.29) is 11.7 Å². The molecule has 1 aromatic rings. The molecular weight excluding hydrogens is 284 g/mol. The van der Waals surface area contributed by atoms with Crippen LogP contribution in [0, 0.1) is 5.92 Å². The van der Waals surface area contributed by atoms with Crippen LogP contribution in [0.1, 0.15) is 38.7 Å². The molecular formula is C16H28N2O2S. The number of hydrogen-bond acceptors (Lipinski definition) is 3. The van der Waals surface area contributed by atoms with Crippen molar-refractivity contribution in [2.45, 2.75) is 39.7 Å². The van der Waals surface area contributed by atoms with Gasteiger partial charge in [0.15, 0.2) is 0 Å². The monoisotopic (exact) mass is 312 g/mol. The van der Waals surface area contributed by atoms with Crippen molar-refractivity contribution in [3.63, 3.8) is 0 Å². The van der Waals surface area contributed by atoms with Crippen molar-refractivity contribution in [2.24, 2.45) is 11.7 Å². The minimum atomic E-state index is -3.24. The molecule has 0 heterocycles. The Bertz CT molecular complexity index is 488. The third-order valence-electron chi connectivity index (χ3n) is 3.48. The maximum Gasteiger partial charge on any atom is 0.214 e. The van der Waals surface area contributed by atoms with Crippen LogP contribution < -0.4 is 5.73 Å². The lowest BCUT2D eigenvalue weighted by atomic mass is 10.1. The van der Waals surface area contributed by atoms with E-state index in [2.05, 4.69) is 6.92 Å². The molecule has 1 atom stereocenters. The molecule has 4 nitrogen and oxygen atoms in total. The second-order valence-corrected chi connectivity index (χ2v) is 7.65. The number of sulfonamides is 1. The molecule has 120 valence electrons. The third kappa shape index (κ3) is 6.59. The highest BCUT2D eigenvalue weighted by molar-refractivity contribution is 7.89. The van der Waals surface area contributed by atoms with Gasteiger partial charge in [-0.1, -0.05) is 50.6 Å². The van der Waals surface area contributed by atoms with Gasteiger partial charge < -0.3 is 5.73 Å². The summed E-state index contributed by atoms with van der Waals surface area (Å²) in [5.74, 6) is 0.411. The maximum atomic E-state index is 12.6. The van der Waals surface area contributed by atoms with Gasteiger partial charge in [-0.15, -0.1) is 0 Å². The predicted molar refractivity (Wildman–Crippen MR) is 88.4 cm³/mol. The maximum absolute atomic E-state index is 12.6. The standard InChI is InChI=1S/C16H28N2O2S/c1-3-8-15(2)14-21(19,20)18(12-7-11-17)13-16-9-5-4-6-10-16/h4-6,9-10,15H,3,7-8,11-14,17H2,1-2H3. The van der Waals surface area contributed by atoms with Crippen LogP contribution in [0.2, 0.25) is 0 Å². The lowest BCUT2D eigenvalue weighted by molar-refractivity contribution is 0.395. The van der Waals surface area contributed by atoms with Crippen molar-refractivity contribution in [1.29, 1.82) is 0 Å². The van der Waals surface area contributed by atoms with Crippen molar-refractivity contribution in [3.05, 3.63) is 35.9 Å². The molecule has 0 spiro atoms. The molecule has 0 fully saturated rings. The molecule has 0 saturated heterocycles. The lowest BCUT2D eigenvalue weighted by Gasteiger charge is -2.24. The van der Waals surface area contributed by atoms with E-state index in [9.17, 15) is 8.42 Å². The normalized spacial score (nSPS) is 13.5. The summed E-state index contributed by atoms with van der Waals surface area (Å²) in [6.45, 7) is 5.52. The predicted octanol–water partition coefficient (Wildman–Crippen LogP) is 2.60. The average Bonchev–Trinajstić information content (AvgIpc) is 2.44. The van der Waals surface area contributed by atoms with Crippen molar-refractivity contribution in [1.82, 2.24) is 4.31 Å². The van der Waals surface area contributed by atoms with Crippen LogP contribution in [0.3, 0.4) is 0 Å². The summed E-state index contributed by atoms with van der Waals surface area (Å²) in [7, 11) is -3.24. The first kappa shape index (κ1) is 18.1. The van der Waals surface area contributed by atoms with E-state index < -0.39 is 10.0 Å². The minimum Gasteiger partial charge on any atom is -0.330 e. The van der Waals surface area contributed by atoms with E-state index in [0.717, 1.165) is 18.4 Å². The average molecular weight is 312 g/mol. The van der Waals surface area contributed by atoms with Crippen molar-refractivity contribution >= 4 is 10.0 Å². The Morgan fingerprint density at radius 3 is 2.48 bits per heavy atom. The molecule has 0 aliphatic carbocycles. The van der Waals surface area contributed by atoms with Crippen LogP contribution in [0.4, 0.5) is 0 Å². The van der Waals surface area contributed by atoms with Gasteiger partial charge >= 0.3 is 0 Å². The molecule has 0 aliphatic rings. The van der Waals surface area contributed by atoms with Gasteiger partial charge in [-0.2, -0.15) is 4.31 Å².